The van der Waals surface area contributed by atoms with Gasteiger partial charge in [0.2, 0.25) is 5.91 Å². The first-order valence-corrected chi connectivity index (χ1v) is 7.78. The molecule has 0 unspecified atom stereocenters. The molecule has 0 radical (unpaired) electrons. The van der Waals surface area contributed by atoms with Crippen molar-refractivity contribution in [3.63, 3.8) is 0 Å². The lowest BCUT2D eigenvalue weighted by atomic mass is 9.66. The standard InChI is InChI=1S/C15H29N3O/c1-3-18-9-5-13(6-10-18)17(2)14(19)11-15(12-16)7-4-8-15/h13H,3-12,16H2,1-2H3. The minimum Gasteiger partial charge on any atom is -0.343 e. The minimum atomic E-state index is 0.134. The Kier molecular flexibility index (Phi) is 4.85. The fourth-order valence-electron chi connectivity index (χ4n) is 3.40. The molecular weight excluding hydrogens is 238 g/mol. The zero-order valence-corrected chi connectivity index (χ0v) is 12.5. The molecule has 2 fully saturated rings. The number of nitrogens with two attached hydrogens (primary N) is 1. The fraction of sp³-hybridized carbons (Fsp3) is 0.933. The molecule has 1 aliphatic heterocycles. The molecule has 4 nitrogen and oxygen atoms in total. The highest BCUT2D eigenvalue weighted by atomic mass is 16.2. The van der Waals surface area contributed by atoms with Gasteiger partial charge in [0, 0.05) is 32.6 Å². The summed E-state index contributed by atoms with van der Waals surface area (Å²) in [4.78, 5) is 16.9. The molecule has 4 heteroatoms. The second-order valence-corrected chi connectivity index (χ2v) is 6.40. The van der Waals surface area contributed by atoms with Gasteiger partial charge in [-0.15, -0.1) is 0 Å². The number of carbonyl (C=O) groups is 1. The van der Waals surface area contributed by atoms with Crippen molar-refractivity contribution in [1.82, 2.24) is 9.80 Å². The maximum absolute atomic E-state index is 12.4. The van der Waals surface area contributed by atoms with Crippen LogP contribution in [0.25, 0.3) is 0 Å². The molecule has 2 N–H and O–H groups in total. The second kappa shape index (κ2) is 6.23. The average molecular weight is 267 g/mol. The molecule has 0 aromatic rings. The van der Waals surface area contributed by atoms with E-state index in [0.29, 0.717) is 24.9 Å². The van der Waals surface area contributed by atoms with Crippen LogP contribution in [0.15, 0.2) is 0 Å². The lowest BCUT2D eigenvalue weighted by Crippen LogP contribution is -2.48. The van der Waals surface area contributed by atoms with Gasteiger partial charge in [-0.1, -0.05) is 13.3 Å². The number of piperidine rings is 1. The summed E-state index contributed by atoms with van der Waals surface area (Å²) in [6, 6.07) is 0.435. The van der Waals surface area contributed by atoms with E-state index in [1.165, 1.54) is 6.42 Å². The summed E-state index contributed by atoms with van der Waals surface area (Å²) in [7, 11) is 1.98. The Morgan fingerprint density at radius 1 is 1.37 bits per heavy atom. The summed E-state index contributed by atoms with van der Waals surface area (Å²) in [6.07, 6.45) is 6.41. The summed E-state index contributed by atoms with van der Waals surface area (Å²) in [5.41, 5.74) is 5.99. The van der Waals surface area contributed by atoms with E-state index in [1.54, 1.807) is 0 Å². The van der Waals surface area contributed by atoms with Gasteiger partial charge in [-0.25, -0.2) is 0 Å². The van der Waals surface area contributed by atoms with Gasteiger partial charge < -0.3 is 15.5 Å². The summed E-state index contributed by atoms with van der Waals surface area (Å²) < 4.78 is 0. The first kappa shape index (κ1) is 14.8. The summed E-state index contributed by atoms with van der Waals surface area (Å²) in [6.45, 7) is 6.25. The summed E-state index contributed by atoms with van der Waals surface area (Å²) in [5, 5.41) is 0. The van der Waals surface area contributed by atoms with Gasteiger partial charge >= 0.3 is 0 Å². The van der Waals surface area contributed by atoms with Crippen molar-refractivity contribution in [1.29, 1.82) is 0 Å². The van der Waals surface area contributed by atoms with Crippen LogP contribution in [0.5, 0.6) is 0 Å². The summed E-state index contributed by atoms with van der Waals surface area (Å²) >= 11 is 0. The largest absolute Gasteiger partial charge is 0.343 e. The van der Waals surface area contributed by atoms with Crippen molar-refractivity contribution in [2.45, 2.75) is 51.5 Å². The Morgan fingerprint density at radius 3 is 2.42 bits per heavy atom. The molecule has 110 valence electrons. The van der Waals surface area contributed by atoms with Crippen molar-refractivity contribution in [2.24, 2.45) is 11.1 Å². The number of amides is 1. The normalized spacial score (nSPS) is 23.9. The zero-order valence-electron chi connectivity index (χ0n) is 12.5. The third-order valence-electron chi connectivity index (χ3n) is 5.32. The molecule has 0 spiro atoms. The van der Waals surface area contributed by atoms with E-state index in [-0.39, 0.29) is 5.41 Å². The molecule has 1 heterocycles. The van der Waals surface area contributed by atoms with Crippen LogP contribution in [0.1, 0.15) is 45.4 Å². The highest BCUT2D eigenvalue weighted by Gasteiger charge is 2.39. The number of hydrogen-bond acceptors (Lipinski definition) is 3. The first-order valence-electron chi connectivity index (χ1n) is 7.78. The van der Waals surface area contributed by atoms with Gasteiger partial charge in [0.1, 0.15) is 0 Å². The van der Waals surface area contributed by atoms with Gasteiger partial charge in [-0.2, -0.15) is 0 Å². The van der Waals surface area contributed by atoms with E-state index in [9.17, 15) is 4.79 Å². The summed E-state index contributed by atoms with van der Waals surface area (Å²) in [5.74, 6) is 0.306. The van der Waals surface area contributed by atoms with Crippen LogP contribution in [0.4, 0.5) is 0 Å². The molecule has 19 heavy (non-hydrogen) atoms. The van der Waals surface area contributed by atoms with Crippen molar-refractivity contribution >= 4 is 5.91 Å². The van der Waals surface area contributed by atoms with Crippen LogP contribution in [0, 0.1) is 5.41 Å². The van der Waals surface area contributed by atoms with Gasteiger partial charge in [0.05, 0.1) is 0 Å². The Labute approximate surface area is 117 Å². The van der Waals surface area contributed by atoms with Crippen LogP contribution >= 0.6 is 0 Å². The third-order valence-corrected chi connectivity index (χ3v) is 5.32. The van der Waals surface area contributed by atoms with E-state index in [1.807, 2.05) is 11.9 Å². The molecule has 2 rings (SSSR count). The fourth-order valence-corrected chi connectivity index (χ4v) is 3.40. The first-order chi connectivity index (χ1) is 9.10. The van der Waals surface area contributed by atoms with Gasteiger partial charge in [-0.3, -0.25) is 4.79 Å². The monoisotopic (exact) mass is 267 g/mol. The molecule has 2 aliphatic rings. The number of carbonyl (C=O) groups excluding carboxylic acids is 1. The van der Waals surface area contributed by atoms with Crippen LogP contribution in [-0.2, 0) is 4.79 Å². The van der Waals surface area contributed by atoms with Crippen molar-refractivity contribution in [3.8, 4) is 0 Å². The maximum atomic E-state index is 12.4. The average Bonchev–Trinajstić information content (AvgIpc) is 2.42. The quantitative estimate of drug-likeness (QED) is 0.820. The van der Waals surface area contributed by atoms with E-state index < -0.39 is 0 Å². The molecule has 1 amide bonds. The molecule has 0 bridgehead atoms. The van der Waals surface area contributed by atoms with Crippen LogP contribution in [0.3, 0.4) is 0 Å². The Morgan fingerprint density at radius 2 is 2.00 bits per heavy atom. The molecule has 1 saturated carbocycles. The number of hydrogen-bond donors (Lipinski definition) is 1. The lowest BCUT2D eigenvalue weighted by molar-refractivity contribution is -0.136. The lowest BCUT2D eigenvalue weighted by Gasteiger charge is -2.43. The van der Waals surface area contributed by atoms with Crippen molar-refractivity contribution in [3.05, 3.63) is 0 Å². The Bertz CT molecular complexity index is 301. The smallest absolute Gasteiger partial charge is 0.223 e. The van der Waals surface area contributed by atoms with Crippen LogP contribution in [0.2, 0.25) is 0 Å². The van der Waals surface area contributed by atoms with Crippen LogP contribution in [-0.4, -0.2) is 55.0 Å². The van der Waals surface area contributed by atoms with Crippen molar-refractivity contribution < 1.29 is 4.79 Å². The molecule has 1 aliphatic carbocycles. The van der Waals surface area contributed by atoms with Gasteiger partial charge in [-0.05, 0) is 44.2 Å². The van der Waals surface area contributed by atoms with E-state index >= 15 is 0 Å². The number of likely N-dealkylation sites (tertiary alicyclic amines) is 1. The SMILES string of the molecule is CCN1CCC(N(C)C(=O)CC2(CN)CCC2)CC1. The van der Waals surface area contributed by atoms with Crippen molar-refractivity contribution in [2.75, 3.05) is 33.2 Å². The molecule has 1 saturated heterocycles. The molecule has 0 atom stereocenters. The van der Waals surface area contributed by atoms with Crippen LogP contribution < -0.4 is 5.73 Å². The minimum absolute atomic E-state index is 0.134. The van der Waals surface area contributed by atoms with Gasteiger partial charge in [0.15, 0.2) is 0 Å². The third kappa shape index (κ3) is 3.29. The maximum Gasteiger partial charge on any atom is 0.223 e. The zero-order chi connectivity index (χ0) is 13.9. The number of rotatable bonds is 5. The number of nitrogens with zero attached hydrogens (tertiary/aromatic N) is 2. The van der Waals surface area contributed by atoms with E-state index in [4.69, 9.17) is 5.73 Å². The highest BCUT2D eigenvalue weighted by Crippen LogP contribution is 2.43. The molecule has 0 aromatic heterocycles. The van der Waals surface area contributed by atoms with Gasteiger partial charge in [0.25, 0.3) is 0 Å². The second-order valence-electron chi connectivity index (χ2n) is 6.40. The van der Waals surface area contributed by atoms with E-state index in [0.717, 1.165) is 45.3 Å². The topological polar surface area (TPSA) is 49.6 Å². The van der Waals surface area contributed by atoms with E-state index in [2.05, 4.69) is 11.8 Å². The molecule has 0 aromatic carbocycles. The molecular formula is C15H29N3O. The highest BCUT2D eigenvalue weighted by molar-refractivity contribution is 5.77. The predicted molar refractivity (Wildman–Crippen MR) is 77.9 cm³/mol. The predicted octanol–water partition coefficient (Wildman–Crippen LogP) is 1.45. The Hall–Kier alpha value is -0.610. The Balaban J connectivity index is 1.82.